The number of anilines is 1. The molecule has 0 bridgehead atoms. The number of aromatic nitrogens is 2. The van der Waals surface area contributed by atoms with Gasteiger partial charge in [-0.15, -0.1) is 0 Å². The van der Waals surface area contributed by atoms with Crippen molar-refractivity contribution < 1.29 is 0 Å². The van der Waals surface area contributed by atoms with Crippen LogP contribution >= 0.6 is 0 Å². The van der Waals surface area contributed by atoms with Crippen LogP contribution < -0.4 is 5.73 Å². The number of nitrogens with one attached hydrogen (secondary N) is 1. The molecule has 0 aliphatic heterocycles. The van der Waals surface area contributed by atoms with Crippen molar-refractivity contribution in [3.63, 3.8) is 0 Å². The Balaban J connectivity index is 2.41. The lowest BCUT2D eigenvalue weighted by Crippen LogP contribution is -1.95. The van der Waals surface area contributed by atoms with Gasteiger partial charge in [-0.1, -0.05) is 27.7 Å². The number of rotatable bonds is 1. The Labute approximate surface area is 85.1 Å². The highest BCUT2D eigenvalue weighted by molar-refractivity contribution is 5.46. The van der Waals surface area contributed by atoms with Gasteiger partial charge in [-0.25, -0.2) is 0 Å². The first-order chi connectivity index (χ1) is 6.30. The molecule has 1 fully saturated rings. The summed E-state index contributed by atoms with van der Waals surface area (Å²) in [6.45, 7) is 11.2. The van der Waals surface area contributed by atoms with Crippen LogP contribution in [0.2, 0.25) is 0 Å². The highest BCUT2D eigenvalue weighted by Gasteiger charge is 2.66. The maximum absolute atomic E-state index is 5.74. The Kier molecular flexibility index (Phi) is 1.59. The van der Waals surface area contributed by atoms with Gasteiger partial charge in [0.15, 0.2) is 0 Å². The second kappa shape index (κ2) is 2.33. The summed E-state index contributed by atoms with van der Waals surface area (Å²) in [5.74, 6) is 1.19. The molecule has 0 unspecified atom stereocenters. The average Bonchev–Trinajstić information content (AvgIpc) is 2.36. The molecule has 0 aromatic carbocycles. The number of H-pyrrole nitrogens is 1. The third kappa shape index (κ3) is 0.900. The molecular formula is C11H19N3. The van der Waals surface area contributed by atoms with E-state index in [1.807, 2.05) is 6.92 Å². The average molecular weight is 193 g/mol. The Bertz CT molecular complexity index is 360. The molecule has 3 nitrogen and oxygen atoms in total. The van der Waals surface area contributed by atoms with Crippen LogP contribution in [0.3, 0.4) is 0 Å². The summed E-state index contributed by atoms with van der Waals surface area (Å²) in [4.78, 5) is 0. The molecule has 0 amide bonds. The molecule has 0 atom stereocenters. The van der Waals surface area contributed by atoms with Crippen LogP contribution in [0.15, 0.2) is 0 Å². The maximum atomic E-state index is 5.74. The van der Waals surface area contributed by atoms with Gasteiger partial charge >= 0.3 is 0 Å². The molecule has 14 heavy (non-hydrogen) atoms. The van der Waals surface area contributed by atoms with E-state index in [9.17, 15) is 0 Å². The molecule has 78 valence electrons. The second-order valence-corrected chi connectivity index (χ2v) is 5.52. The van der Waals surface area contributed by atoms with Gasteiger partial charge in [0.25, 0.3) is 0 Å². The zero-order chi connectivity index (χ0) is 10.7. The smallest absolute Gasteiger partial charge is 0.148 e. The zero-order valence-corrected chi connectivity index (χ0v) is 9.60. The van der Waals surface area contributed by atoms with Crippen LogP contribution in [0.1, 0.15) is 44.9 Å². The summed E-state index contributed by atoms with van der Waals surface area (Å²) in [5, 5.41) is 7.13. The van der Waals surface area contributed by atoms with E-state index in [2.05, 4.69) is 37.9 Å². The van der Waals surface area contributed by atoms with Gasteiger partial charge in [0.05, 0.1) is 0 Å². The SMILES string of the molecule is Cc1c(N)n[nH]c1C1C(C)(C)C1(C)C. The number of nitrogen functional groups attached to an aromatic ring is 1. The Morgan fingerprint density at radius 2 is 1.71 bits per heavy atom. The van der Waals surface area contributed by atoms with Crippen LogP contribution in [0.4, 0.5) is 5.82 Å². The number of nitrogens with two attached hydrogens (primary N) is 1. The van der Waals surface area contributed by atoms with Gasteiger partial charge < -0.3 is 5.73 Å². The molecule has 1 aromatic rings. The predicted octanol–water partition coefficient (Wildman–Crippen LogP) is 2.45. The van der Waals surface area contributed by atoms with Crippen molar-refractivity contribution in [3.05, 3.63) is 11.3 Å². The highest BCUT2D eigenvalue weighted by Crippen LogP contribution is 2.73. The Morgan fingerprint density at radius 1 is 1.21 bits per heavy atom. The van der Waals surface area contributed by atoms with Crippen LogP contribution in [-0.4, -0.2) is 10.2 Å². The summed E-state index contributed by atoms with van der Waals surface area (Å²) in [6.07, 6.45) is 0. The van der Waals surface area contributed by atoms with Crippen molar-refractivity contribution in [2.45, 2.75) is 40.5 Å². The monoisotopic (exact) mass is 193 g/mol. The summed E-state index contributed by atoms with van der Waals surface area (Å²) in [5.41, 5.74) is 8.77. The second-order valence-electron chi connectivity index (χ2n) is 5.52. The first-order valence-corrected chi connectivity index (χ1v) is 5.10. The van der Waals surface area contributed by atoms with Crippen molar-refractivity contribution in [2.24, 2.45) is 10.8 Å². The minimum Gasteiger partial charge on any atom is -0.382 e. The summed E-state index contributed by atoms with van der Waals surface area (Å²) < 4.78 is 0. The third-order valence-electron chi connectivity index (χ3n) is 4.39. The van der Waals surface area contributed by atoms with E-state index >= 15 is 0 Å². The van der Waals surface area contributed by atoms with Crippen molar-refractivity contribution in [3.8, 4) is 0 Å². The summed E-state index contributed by atoms with van der Waals surface area (Å²) in [7, 11) is 0. The molecule has 1 aromatic heterocycles. The molecule has 3 heteroatoms. The fourth-order valence-electron chi connectivity index (χ4n) is 2.63. The standard InChI is InChI=1S/C11H19N3/c1-6-7(13-14-9(6)12)8-10(2,3)11(8,4)5/h8H,1-5H3,(H3,12,13,14). The fourth-order valence-corrected chi connectivity index (χ4v) is 2.63. The van der Waals surface area contributed by atoms with E-state index in [0.29, 0.717) is 22.6 Å². The van der Waals surface area contributed by atoms with Gasteiger partial charge in [0, 0.05) is 17.2 Å². The molecule has 3 N–H and O–H groups in total. The topological polar surface area (TPSA) is 54.7 Å². The van der Waals surface area contributed by atoms with Crippen molar-refractivity contribution in [2.75, 3.05) is 5.73 Å². The largest absolute Gasteiger partial charge is 0.382 e. The van der Waals surface area contributed by atoms with E-state index in [-0.39, 0.29) is 0 Å². The lowest BCUT2D eigenvalue weighted by molar-refractivity contribution is 0.457. The number of aromatic amines is 1. The quantitative estimate of drug-likeness (QED) is 0.719. The Morgan fingerprint density at radius 3 is 2.00 bits per heavy atom. The van der Waals surface area contributed by atoms with Gasteiger partial charge in [0.1, 0.15) is 5.82 Å². The maximum Gasteiger partial charge on any atom is 0.148 e. The number of hydrogen-bond donors (Lipinski definition) is 2. The van der Waals surface area contributed by atoms with Crippen LogP contribution in [0.25, 0.3) is 0 Å². The Hall–Kier alpha value is -0.990. The minimum atomic E-state index is 0.344. The van der Waals surface area contributed by atoms with E-state index in [0.717, 1.165) is 5.56 Å². The molecule has 0 radical (unpaired) electrons. The van der Waals surface area contributed by atoms with Crippen molar-refractivity contribution >= 4 is 5.82 Å². The molecule has 1 aliphatic carbocycles. The van der Waals surface area contributed by atoms with Gasteiger partial charge in [0.2, 0.25) is 0 Å². The fraction of sp³-hybridized carbons (Fsp3) is 0.727. The molecule has 0 saturated heterocycles. The third-order valence-corrected chi connectivity index (χ3v) is 4.39. The van der Waals surface area contributed by atoms with Gasteiger partial charge in [-0.05, 0) is 17.8 Å². The molecule has 2 rings (SSSR count). The number of hydrogen-bond acceptors (Lipinski definition) is 2. The van der Waals surface area contributed by atoms with Crippen LogP contribution in [-0.2, 0) is 0 Å². The van der Waals surface area contributed by atoms with Gasteiger partial charge in [-0.3, -0.25) is 5.10 Å². The zero-order valence-electron chi connectivity index (χ0n) is 9.60. The summed E-state index contributed by atoms with van der Waals surface area (Å²) >= 11 is 0. The molecule has 0 spiro atoms. The van der Waals surface area contributed by atoms with Crippen molar-refractivity contribution in [1.82, 2.24) is 10.2 Å². The van der Waals surface area contributed by atoms with Crippen molar-refractivity contribution in [1.29, 1.82) is 0 Å². The molecule has 1 aliphatic rings. The predicted molar refractivity (Wildman–Crippen MR) is 58.0 cm³/mol. The summed E-state index contributed by atoms with van der Waals surface area (Å²) in [6, 6.07) is 0. The van der Waals surface area contributed by atoms with E-state index in [1.165, 1.54) is 5.69 Å². The molecule has 1 saturated carbocycles. The first-order valence-electron chi connectivity index (χ1n) is 5.10. The highest BCUT2D eigenvalue weighted by atomic mass is 15.2. The van der Waals surface area contributed by atoms with E-state index < -0.39 is 0 Å². The lowest BCUT2D eigenvalue weighted by atomic mass is 10.0. The van der Waals surface area contributed by atoms with E-state index in [1.54, 1.807) is 0 Å². The normalized spacial score (nSPS) is 23.8. The molecular weight excluding hydrogens is 174 g/mol. The number of nitrogens with zero attached hydrogens (tertiary/aromatic N) is 1. The van der Waals surface area contributed by atoms with Crippen LogP contribution in [0, 0.1) is 17.8 Å². The minimum absolute atomic E-state index is 0.344. The van der Waals surface area contributed by atoms with Crippen LogP contribution in [0.5, 0.6) is 0 Å². The van der Waals surface area contributed by atoms with Gasteiger partial charge in [-0.2, -0.15) is 5.10 Å². The lowest BCUT2D eigenvalue weighted by Gasteiger charge is -2.03. The molecule has 1 heterocycles. The van der Waals surface area contributed by atoms with E-state index in [4.69, 9.17) is 5.73 Å². The first kappa shape index (κ1) is 9.56.